The highest BCUT2D eigenvalue weighted by atomic mass is 14.4. The van der Waals surface area contributed by atoms with Crippen LogP contribution in [0.15, 0.2) is 0 Å². The lowest BCUT2D eigenvalue weighted by molar-refractivity contribution is 1.48. The first kappa shape index (κ1) is 10.0. The molecule has 1 rings (SSSR count). The van der Waals surface area contributed by atoms with Crippen molar-refractivity contribution in [1.82, 2.24) is 0 Å². The second kappa shape index (κ2) is 16.7. The van der Waals surface area contributed by atoms with Crippen LogP contribution >= 0.6 is 0 Å². The minimum absolute atomic E-state index is 1.50. The zero-order valence-electron chi connectivity index (χ0n) is 5.70. The predicted octanol–water partition coefficient (Wildman–Crippen LogP) is 1.77. The first-order valence-electron chi connectivity index (χ1n) is 3.08. The van der Waals surface area contributed by atoms with Crippen molar-refractivity contribution in [2.24, 2.45) is 5.73 Å². The van der Waals surface area contributed by atoms with Gasteiger partial charge in [-0.2, -0.15) is 0 Å². The van der Waals surface area contributed by atoms with Crippen molar-refractivity contribution in [1.29, 1.82) is 0 Å². The molecule has 1 nitrogen and oxygen atoms in total. The molecule has 2 N–H and O–H groups in total. The van der Waals surface area contributed by atoms with Gasteiger partial charge in [-0.05, 0) is 7.05 Å². The van der Waals surface area contributed by atoms with Crippen LogP contribution in [0, 0.1) is 0 Å². The van der Waals surface area contributed by atoms with Crippen LogP contribution in [0.2, 0.25) is 0 Å². The van der Waals surface area contributed by atoms with Crippen LogP contribution in [-0.4, -0.2) is 7.05 Å². The lowest BCUT2D eigenvalue weighted by Gasteiger charge is -1.19. The average molecular weight is 103 g/mol. The van der Waals surface area contributed by atoms with E-state index in [0.29, 0.717) is 0 Å². The fourth-order valence-corrected chi connectivity index (χ4v) is 0. The molecule has 1 heteroatoms. The third-order valence-electron chi connectivity index (χ3n) is 0.354. The summed E-state index contributed by atoms with van der Waals surface area (Å²) >= 11 is 0. The van der Waals surface area contributed by atoms with Gasteiger partial charge in [-0.25, -0.2) is 0 Å². The molecular weight excluding hydrogens is 86.1 g/mol. The molecule has 0 spiro atoms. The summed E-state index contributed by atoms with van der Waals surface area (Å²) in [5, 5.41) is 0. The normalized spacial score (nSPS) is 12.0. The second-order valence-corrected chi connectivity index (χ2v) is 1.06. The van der Waals surface area contributed by atoms with Crippen molar-refractivity contribution in [2.45, 2.75) is 33.1 Å². The highest BCUT2D eigenvalue weighted by Gasteiger charge is 1.95. The van der Waals surface area contributed by atoms with Gasteiger partial charge in [0.05, 0.1) is 0 Å². The van der Waals surface area contributed by atoms with Crippen LogP contribution in [0.1, 0.15) is 33.1 Å². The lowest BCUT2D eigenvalue weighted by atomic mass is 11.0. The van der Waals surface area contributed by atoms with Crippen molar-refractivity contribution in [3.8, 4) is 0 Å². The molecule has 0 aliphatic heterocycles. The van der Waals surface area contributed by atoms with Crippen LogP contribution in [0.3, 0.4) is 0 Å². The van der Waals surface area contributed by atoms with Gasteiger partial charge in [-0.15, -0.1) is 0 Å². The third kappa shape index (κ3) is 101. The molecule has 0 radical (unpaired) electrons. The topological polar surface area (TPSA) is 26.0 Å². The summed E-state index contributed by atoms with van der Waals surface area (Å²) in [6, 6.07) is 0. The van der Waals surface area contributed by atoms with Crippen LogP contribution in [0.4, 0.5) is 0 Å². The molecule has 0 saturated heterocycles. The maximum Gasteiger partial charge on any atom is -0.0195 e. The standard InChI is InChI=1S/C3H6.C2H6.CH5N/c1-2-3-1;2*1-2/h1-3H2;1-2H3;2H2,1H3. The van der Waals surface area contributed by atoms with E-state index in [2.05, 4.69) is 5.73 Å². The zero-order chi connectivity index (χ0) is 6.12. The van der Waals surface area contributed by atoms with Crippen LogP contribution in [0.25, 0.3) is 0 Å². The van der Waals surface area contributed by atoms with Crippen LogP contribution in [-0.2, 0) is 0 Å². The summed E-state index contributed by atoms with van der Waals surface area (Å²) in [5.74, 6) is 0. The Kier molecular flexibility index (Phi) is 24.0. The molecule has 0 aromatic carbocycles. The molecule has 0 unspecified atom stereocenters. The predicted molar refractivity (Wildman–Crippen MR) is 35.3 cm³/mol. The smallest absolute Gasteiger partial charge is 0.0195 e. The molecule has 0 aromatic rings. The number of rotatable bonds is 0. The molecule has 0 bridgehead atoms. The highest BCUT2D eigenvalue weighted by molar-refractivity contribution is 4.50. The molecule has 7 heavy (non-hydrogen) atoms. The van der Waals surface area contributed by atoms with Crippen molar-refractivity contribution in [3.63, 3.8) is 0 Å². The first-order valence-corrected chi connectivity index (χ1v) is 3.08. The fourth-order valence-electron chi connectivity index (χ4n) is 0. The van der Waals surface area contributed by atoms with Crippen molar-refractivity contribution in [2.75, 3.05) is 7.05 Å². The molecule has 0 heterocycles. The minimum atomic E-state index is 1.50. The van der Waals surface area contributed by atoms with E-state index in [1.165, 1.54) is 26.3 Å². The molecule has 0 atom stereocenters. The molecule has 1 fully saturated rings. The van der Waals surface area contributed by atoms with Crippen LogP contribution < -0.4 is 5.73 Å². The summed E-state index contributed by atoms with van der Waals surface area (Å²) in [6.45, 7) is 4.00. The maximum atomic E-state index is 4.50. The highest BCUT2D eigenvalue weighted by Crippen LogP contribution is 2.14. The Labute approximate surface area is 46.9 Å². The van der Waals surface area contributed by atoms with Crippen molar-refractivity contribution in [3.05, 3.63) is 0 Å². The Morgan fingerprint density at radius 3 is 1.00 bits per heavy atom. The van der Waals surface area contributed by atoms with Gasteiger partial charge in [0.2, 0.25) is 0 Å². The largest absolute Gasteiger partial charge is 0.333 e. The maximum absolute atomic E-state index is 4.50. The van der Waals surface area contributed by atoms with Crippen molar-refractivity contribution >= 4 is 0 Å². The quantitative estimate of drug-likeness (QED) is 0.497. The molecule has 0 aromatic heterocycles. The monoisotopic (exact) mass is 103 g/mol. The Bertz CT molecular complexity index is 8.90. The average Bonchev–Trinajstić information content (AvgIpc) is 2.58. The van der Waals surface area contributed by atoms with Gasteiger partial charge in [0, 0.05) is 0 Å². The SMILES string of the molecule is C1CC1.CC.CN. The van der Waals surface area contributed by atoms with Crippen LogP contribution in [0.5, 0.6) is 0 Å². The van der Waals surface area contributed by atoms with Gasteiger partial charge in [0.25, 0.3) is 0 Å². The van der Waals surface area contributed by atoms with Gasteiger partial charge in [0.1, 0.15) is 0 Å². The van der Waals surface area contributed by atoms with Gasteiger partial charge in [0.15, 0.2) is 0 Å². The Morgan fingerprint density at radius 2 is 1.00 bits per heavy atom. The summed E-state index contributed by atoms with van der Waals surface area (Å²) < 4.78 is 0. The van der Waals surface area contributed by atoms with E-state index in [1.807, 2.05) is 13.8 Å². The molecule has 1 aliphatic rings. The number of nitrogens with two attached hydrogens (primary N) is 1. The van der Waals surface area contributed by atoms with E-state index in [-0.39, 0.29) is 0 Å². The molecule has 0 amide bonds. The Hall–Kier alpha value is -0.0400. The number of hydrogen-bond acceptors (Lipinski definition) is 1. The Balaban J connectivity index is 0. The van der Waals surface area contributed by atoms with E-state index < -0.39 is 0 Å². The fraction of sp³-hybridized carbons (Fsp3) is 1.00. The van der Waals surface area contributed by atoms with Gasteiger partial charge >= 0.3 is 0 Å². The summed E-state index contributed by atoms with van der Waals surface area (Å²) in [7, 11) is 1.50. The van der Waals surface area contributed by atoms with E-state index in [1.54, 1.807) is 0 Å². The first-order chi connectivity index (χ1) is 3.50. The van der Waals surface area contributed by atoms with Gasteiger partial charge in [-0.1, -0.05) is 33.1 Å². The van der Waals surface area contributed by atoms with Gasteiger partial charge in [-0.3, -0.25) is 0 Å². The van der Waals surface area contributed by atoms with E-state index in [9.17, 15) is 0 Å². The second-order valence-electron chi connectivity index (χ2n) is 1.06. The molecule has 1 saturated carbocycles. The molecule has 46 valence electrons. The zero-order valence-corrected chi connectivity index (χ0v) is 5.70. The summed E-state index contributed by atoms with van der Waals surface area (Å²) in [6.07, 6.45) is 4.50. The van der Waals surface area contributed by atoms with E-state index in [4.69, 9.17) is 0 Å². The minimum Gasteiger partial charge on any atom is -0.333 e. The van der Waals surface area contributed by atoms with E-state index in [0.717, 1.165) is 0 Å². The summed E-state index contributed by atoms with van der Waals surface area (Å²) in [4.78, 5) is 0. The third-order valence-corrected chi connectivity index (χ3v) is 0.354. The van der Waals surface area contributed by atoms with E-state index >= 15 is 0 Å². The lowest BCUT2D eigenvalue weighted by Crippen LogP contribution is -1.69. The molecule has 1 aliphatic carbocycles. The number of hydrogen-bond donors (Lipinski definition) is 1. The van der Waals surface area contributed by atoms with Gasteiger partial charge < -0.3 is 5.73 Å². The Morgan fingerprint density at radius 1 is 0.857 bits per heavy atom. The summed E-state index contributed by atoms with van der Waals surface area (Å²) in [5.41, 5.74) is 4.50. The van der Waals surface area contributed by atoms with Crippen molar-refractivity contribution < 1.29 is 0 Å². The molecular formula is C6H17N.